The third-order valence-corrected chi connectivity index (χ3v) is 3.21. The topological polar surface area (TPSA) is 68.8 Å². The molecule has 0 aliphatic carbocycles. The summed E-state index contributed by atoms with van der Waals surface area (Å²) in [6.07, 6.45) is 1.57. The first-order valence-electron chi connectivity index (χ1n) is 7.14. The van der Waals surface area contributed by atoms with Crippen molar-refractivity contribution in [3.8, 4) is 0 Å². The molecule has 2 heterocycles. The summed E-state index contributed by atoms with van der Waals surface area (Å²) in [6, 6.07) is 2.44. The molecule has 0 radical (unpaired) electrons. The fourth-order valence-electron chi connectivity index (χ4n) is 2.14. The minimum Gasteiger partial charge on any atom is -0.339 e. The fraction of sp³-hybridized carbons (Fsp3) is 0.643. The Bertz CT molecular complexity index is 546. The van der Waals surface area contributed by atoms with Crippen LogP contribution >= 0.6 is 0 Å². The summed E-state index contributed by atoms with van der Waals surface area (Å²) in [5.41, 5.74) is 2.26. The van der Waals surface area contributed by atoms with Crippen LogP contribution in [0.2, 0.25) is 0 Å². The van der Waals surface area contributed by atoms with Crippen LogP contribution in [0.5, 0.6) is 0 Å². The molecular formula is C14H23N5O. The number of aryl methyl sites for hydroxylation is 3. The summed E-state index contributed by atoms with van der Waals surface area (Å²) in [6.45, 7) is 9.96. The van der Waals surface area contributed by atoms with Gasteiger partial charge >= 0.3 is 0 Å². The molecule has 2 rings (SSSR count). The van der Waals surface area contributed by atoms with Crippen molar-refractivity contribution in [2.24, 2.45) is 0 Å². The van der Waals surface area contributed by atoms with Gasteiger partial charge in [0.15, 0.2) is 5.82 Å². The summed E-state index contributed by atoms with van der Waals surface area (Å²) in [4.78, 5) is 4.29. The number of aromatic nitrogens is 4. The monoisotopic (exact) mass is 277 g/mol. The molecule has 0 saturated carbocycles. The average Bonchev–Trinajstić information content (AvgIpc) is 2.97. The Balaban J connectivity index is 1.75. The predicted molar refractivity (Wildman–Crippen MR) is 76.5 cm³/mol. The Kier molecular flexibility index (Phi) is 4.89. The number of rotatable bonds is 7. The van der Waals surface area contributed by atoms with Crippen LogP contribution in [0.1, 0.15) is 37.0 Å². The zero-order valence-corrected chi connectivity index (χ0v) is 12.7. The van der Waals surface area contributed by atoms with Gasteiger partial charge in [0.05, 0.1) is 12.2 Å². The van der Waals surface area contributed by atoms with Crippen molar-refractivity contribution in [1.29, 1.82) is 0 Å². The highest BCUT2D eigenvalue weighted by atomic mass is 16.5. The molecule has 0 aliphatic heterocycles. The number of hydrogen-bond donors (Lipinski definition) is 1. The Labute approximate surface area is 119 Å². The first kappa shape index (κ1) is 14.7. The van der Waals surface area contributed by atoms with Gasteiger partial charge in [0.2, 0.25) is 5.89 Å². The van der Waals surface area contributed by atoms with Crippen molar-refractivity contribution in [3.63, 3.8) is 0 Å². The van der Waals surface area contributed by atoms with Gasteiger partial charge in [-0.15, -0.1) is 0 Å². The van der Waals surface area contributed by atoms with Crippen LogP contribution in [-0.2, 0) is 19.4 Å². The molecule has 2 aromatic rings. The zero-order chi connectivity index (χ0) is 14.5. The highest BCUT2D eigenvalue weighted by Crippen LogP contribution is 2.03. The van der Waals surface area contributed by atoms with Crippen molar-refractivity contribution < 1.29 is 4.52 Å². The molecule has 110 valence electrons. The maximum atomic E-state index is 5.16. The largest absolute Gasteiger partial charge is 0.339 e. The van der Waals surface area contributed by atoms with Gasteiger partial charge in [-0.2, -0.15) is 10.1 Å². The van der Waals surface area contributed by atoms with Gasteiger partial charge in [0.25, 0.3) is 0 Å². The second-order valence-electron chi connectivity index (χ2n) is 5.17. The third kappa shape index (κ3) is 3.90. The van der Waals surface area contributed by atoms with Gasteiger partial charge in [-0.3, -0.25) is 4.68 Å². The molecule has 1 atom stereocenters. The predicted octanol–water partition coefficient (Wildman–Crippen LogP) is 1.67. The molecule has 0 bridgehead atoms. The van der Waals surface area contributed by atoms with Crippen molar-refractivity contribution in [2.75, 3.05) is 6.54 Å². The Morgan fingerprint density at radius 1 is 1.40 bits per heavy atom. The van der Waals surface area contributed by atoms with E-state index in [1.165, 1.54) is 5.69 Å². The first-order valence-corrected chi connectivity index (χ1v) is 7.14. The lowest BCUT2D eigenvalue weighted by Crippen LogP contribution is -2.32. The van der Waals surface area contributed by atoms with E-state index in [1.54, 1.807) is 0 Å². The fourth-order valence-corrected chi connectivity index (χ4v) is 2.14. The van der Waals surface area contributed by atoms with Crippen molar-refractivity contribution in [1.82, 2.24) is 25.2 Å². The molecule has 6 nitrogen and oxygen atoms in total. The van der Waals surface area contributed by atoms with Crippen LogP contribution in [0.4, 0.5) is 0 Å². The van der Waals surface area contributed by atoms with Gasteiger partial charge in [-0.25, -0.2) is 0 Å². The molecule has 20 heavy (non-hydrogen) atoms. The second kappa shape index (κ2) is 6.65. The summed E-state index contributed by atoms with van der Waals surface area (Å²) in [5.74, 6) is 1.48. The molecule has 6 heteroatoms. The lowest BCUT2D eigenvalue weighted by molar-refractivity contribution is 0.364. The van der Waals surface area contributed by atoms with Crippen LogP contribution in [0, 0.1) is 13.8 Å². The Morgan fingerprint density at radius 2 is 2.20 bits per heavy atom. The van der Waals surface area contributed by atoms with E-state index in [2.05, 4.69) is 40.5 Å². The minimum absolute atomic E-state index is 0.349. The standard InChI is InChI=1S/C14H23N5O/c1-5-13-16-14(20-18-13)6-7-15-11(3)9-19-12(4)8-10(2)17-19/h8,11,15H,5-7,9H2,1-4H3/t11-/m1/s1. The molecule has 0 amide bonds. The molecule has 0 fully saturated rings. The van der Waals surface area contributed by atoms with Crippen molar-refractivity contribution in [3.05, 3.63) is 29.2 Å². The van der Waals surface area contributed by atoms with Crippen LogP contribution in [0.3, 0.4) is 0 Å². The Hall–Kier alpha value is -1.69. The molecule has 0 aromatic carbocycles. The maximum absolute atomic E-state index is 5.16. The number of nitrogens with zero attached hydrogens (tertiary/aromatic N) is 4. The van der Waals surface area contributed by atoms with Gasteiger partial charge < -0.3 is 9.84 Å². The highest BCUT2D eigenvalue weighted by Gasteiger charge is 2.08. The average molecular weight is 277 g/mol. The van der Waals surface area contributed by atoms with Gasteiger partial charge in [-0.05, 0) is 26.8 Å². The van der Waals surface area contributed by atoms with E-state index in [0.29, 0.717) is 11.9 Å². The summed E-state index contributed by atoms with van der Waals surface area (Å²) < 4.78 is 7.20. The SMILES string of the molecule is CCc1noc(CCN[C@H](C)Cn2nc(C)cc2C)n1. The molecular weight excluding hydrogens is 254 g/mol. The van der Waals surface area contributed by atoms with Crippen molar-refractivity contribution >= 4 is 0 Å². The molecule has 1 N–H and O–H groups in total. The molecule has 0 saturated heterocycles. The van der Waals surface area contributed by atoms with Crippen LogP contribution < -0.4 is 5.32 Å². The first-order chi connectivity index (χ1) is 9.58. The smallest absolute Gasteiger partial charge is 0.227 e. The zero-order valence-electron chi connectivity index (χ0n) is 12.7. The van der Waals surface area contributed by atoms with E-state index in [-0.39, 0.29) is 0 Å². The number of nitrogens with one attached hydrogen (secondary N) is 1. The Morgan fingerprint density at radius 3 is 2.80 bits per heavy atom. The maximum Gasteiger partial charge on any atom is 0.227 e. The van der Waals surface area contributed by atoms with E-state index in [4.69, 9.17) is 4.52 Å². The van der Waals surface area contributed by atoms with Gasteiger partial charge in [0, 0.05) is 31.1 Å². The highest BCUT2D eigenvalue weighted by molar-refractivity contribution is 5.06. The molecule has 0 aliphatic rings. The van der Waals surface area contributed by atoms with E-state index in [9.17, 15) is 0 Å². The van der Waals surface area contributed by atoms with Crippen LogP contribution in [-0.4, -0.2) is 32.5 Å². The van der Waals surface area contributed by atoms with E-state index in [1.807, 2.05) is 18.5 Å². The van der Waals surface area contributed by atoms with Crippen LogP contribution in [0.15, 0.2) is 10.6 Å². The molecule has 0 unspecified atom stereocenters. The normalized spacial score (nSPS) is 12.8. The lowest BCUT2D eigenvalue weighted by atomic mass is 10.3. The van der Waals surface area contributed by atoms with Crippen molar-refractivity contribution in [2.45, 2.75) is 53.1 Å². The van der Waals surface area contributed by atoms with E-state index >= 15 is 0 Å². The van der Waals surface area contributed by atoms with E-state index < -0.39 is 0 Å². The summed E-state index contributed by atoms with van der Waals surface area (Å²) in [7, 11) is 0. The minimum atomic E-state index is 0.349. The quantitative estimate of drug-likeness (QED) is 0.833. The second-order valence-corrected chi connectivity index (χ2v) is 5.17. The van der Waals surface area contributed by atoms with E-state index in [0.717, 1.165) is 37.4 Å². The molecule has 0 spiro atoms. The lowest BCUT2D eigenvalue weighted by Gasteiger charge is -2.14. The van der Waals surface area contributed by atoms with Gasteiger partial charge in [0.1, 0.15) is 0 Å². The summed E-state index contributed by atoms with van der Waals surface area (Å²) in [5, 5.41) is 11.8. The summed E-state index contributed by atoms with van der Waals surface area (Å²) >= 11 is 0. The van der Waals surface area contributed by atoms with Crippen LogP contribution in [0.25, 0.3) is 0 Å². The third-order valence-electron chi connectivity index (χ3n) is 3.21. The number of hydrogen-bond acceptors (Lipinski definition) is 5. The molecule has 2 aromatic heterocycles. The van der Waals surface area contributed by atoms with Gasteiger partial charge in [-0.1, -0.05) is 12.1 Å².